The summed E-state index contributed by atoms with van der Waals surface area (Å²) >= 11 is 0. The lowest BCUT2D eigenvalue weighted by Gasteiger charge is -2.09. The van der Waals surface area contributed by atoms with Gasteiger partial charge in [-0.05, 0) is 12.1 Å². The molecule has 0 radical (unpaired) electrons. The molecule has 0 spiro atoms. The van der Waals surface area contributed by atoms with E-state index in [0.29, 0.717) is 0 Å². The first-order valence-corrected chi connectivity index (χ1v) is 5.25. The van der Waals surface area contributed by atoms with Gasteiger partial charge in [0.15, 0.2) is 0 Å². The summed E-state index contributed by atoms with van der Waals surface area (Å²) < 4.78 is 60.7. The third-order valence-electron chi connectivity index (χ3n) is 1.47. The first-order valence-electron chi connectivity index (χ1n) is 3.84. The zero-order valence-electron chi connectivity index (χ0n) is 7.80. The molecule has 0 aliphatic rings. The highest BCUT2D eigenvalue weighted by molar-refractivity contribution is 7.87. The minimum Gasteiger partial charge on any atom is -0.477 e. The van der Waals surface area contributed by atoms with E-state index in [1.807, 2.05) is 0 Å². The van der Waals surface area contributed by atoms with Crippen LogP contribution in [0.5, 0.6) is 5.88 Å². The fourth-order valence-electron chi connectivity index (χ4n) is 0.771. The van der Waals surface area contributed by atoms with Gasteiger partial charge in [-0.1, -0.05) is 0 Å². The summed E-state index contributed by atoms with van der Waals surface area (Å²) in [5.41, 5.74) is -6.44. The smallest absolute Gasteiger partial charge is 0.477 e. The first-order chi connectivity index (χ1) is 7.65. The summed E-state index contributed by atoms with van der Waals surface area (Å²) in [5, 5.41) is 8.57. The topological polar surface area (TPSA) is 93.6 Å². The SMILES string of the molecule is O=C(O)c1cccnc1OS(=O)(=O)C(F)(F)F. The zero-order valence-corrected chi connectivity index (χ0v) is 8.62. The number of carboxylic acid groups (broad SMARTS) is 1. The van der Waals surface area contributed by atoms with E-state index in [1.54, 1.807) is 0 Å². The van der Waals surface area contributed by atoms with Gasteiger partial charge in [-0.2, -0.15) is 21.6 Å². The summed E-state index contributed by atoms with van der Waals surface area (Å²) in [4.78, 5) is 13.7. The first kappa shape index (κ1) is 13.2. The molecular formula is C7H4F3NO5S. The molecule has 6 nitrogen and oxygen atoms in total. The van der Waals surface area contributed by atoms with Crippen molar-refractivity contribution in [3.63, 3.8) is 0 Å². The fourth-order valence-corrected chi connectivity index (χ4v) is 1.21. The van der Waals surface area contributed by atoms with Crippen molar-refractivity contribution in [2.24, 2.45) is 0 Å². The number of hydrogen-bond acceptors (Lipinski definition) is 5. The van der Waals surface area contributed by atoms with Gasteiger partial charge in [-0.25, -0.2) is 9.78 Å². The van der Waals surface area contributed by atoms with Crippen LogP contribution in [0.3, 0.4) is 0 Å². The monoisotopic (exact) mass is 271 g/mol. The predicted molar refractivity (Wildman–Crippen MR) is 46.8 cm³/mol. The number of hydrogen-bond donors (Lipinski definition) is 1. The van der Waals surface area contributed by atoms with Crippen LogP contribution in [-0.4, -0.2) is 30.0 Å². The molecule has 1 N–H and O–H groups in total. The van der Waals surface area contributed by atoms with Crippen LogP contribution in [0.1, 0.15) is 10.4 Å². The Hall–Kier alpha value is -1.84. The Labute approximate surface area is 92.8 Å². The maximum atomic E-state index is 12.0. The Morgan fingerprint density at radius 3 is 2.47 bits per heavy atom. The number of nitrogens with zero attached hydrogens (tertiary/aromatic N) is 1. The second-order valence-corrected chi connectivity index (χ2v) is 4.18. The van der Waals surface area contributed by atoms with E-state index in [4.69, 9.17) is 5.11 Å². The van der Waals surface area contributed by atoms with Crippen molar-refractivity contribution in [3.8, 4) is 5.88 Å². The highest BCUT2D eigenvalue weighted by atomic mass is 32.2. The molecule has 0 aromatic carbocycles. The Balaban J connectivity index is 3.18. The Kier molecular flexibility index (Phi) is 3.27. The van der Waals surface area contributed by atoms with Crippen molar-refractivity contribution < 1.29 is 35.7 Å². The molecule has 0 atom stereocenters. The Morgan fingerprint density at radius 1 is 1.41 bits per heavy atom. The zero-order chi connectivity index (χ0) is 13.3. The molecule has 0 aliphatic heterocycles. The van der Waals surface area contributed by atoms with Crippen LogP contribution in [0.25, 0.3) is 0 Å². The van der Waals surface area contributed by atoms with Gasteiger partial charge in [-0.3, -0.25) is 0 Å². The number of carbonyl (C=O) groups is 1. The van der Waals surface area contributed by atoms with Gasteiger partial charge in [0.05, 0.1) is 0 Å². The summed E-state index contributed by atoms with van der Waals surface area (Å²) in [6, 6.07) is 1.97. The van der Waals surface area contributed by atoms with Gasteiger partial charge in [-0.15, -0.1) is 0 Å². The van der Waals surface area contributed by atoms with Crippen LogP contribution in [-0.2, 0) is 10.1 Å². The Bertz CT molecular complexity index is 539. The predicted octanol–water partition coefficient (Wildman–Crippen LogP) is 1.01. The van der Waals surface area contributed by atoms with Gasteiger partial charge in [0, 0.05) is 6.20 Å². The molecule has 0 saturated heterocycles. The van der Waals surface area contributed by atoms with Crippen LogP contribution >= 0.6 is 0 Å². The second kappa shape index (κ2) is 4.20. The average molecular weight is 271 g/mol. The summed E-state index contributed by atoms with van der Waals surface area (Å²) in [5.74, 6) is -2.80. The molecule has 17 heavy (non-hydrogen) atoms. The molecular weight excluding hydrogens is 267 g/mol. The molecule has 0 saturated carbocycles. The summed E-state index contributed by atoms with van der Waals surface area (Å²) in [6.45, 7) is 0. The molecule has 0 unspecified atom stereocenters. The van der Waals surface area contributed by atoms with E-state index < -0.39 is 33.0 Å². The largest absolute Gasteiger partial charge is 0.534 e. The lowest BCUT2D eigenvalue weighted by molar-refractivity contribution is -0.0501. The number of rotatable bonds is 3. The average Bonchev–Trinajstić information content (AvgIpc) is 2.15. The lowest BCUT2D eigenvalue weighted by atomic mass is 10.3. The number of aromatic nitrogens is 1. The standard InChI is InChI=1S/C7H4F3NO5S/c8-7(9,10)17(14,15)16-5-4(6(12)13)2-1-3-11-5/h1-3H,(H,12,13). The molecule has 1 aromatic heterocycles. The van der Waals surface area contributed by atoms with Gasteiger partial charge in [0.1, 0.15) is 5.56 Å². The molecule has 0 fully saturated rings. The quantitative estimate of drug-likeness (QED) is 0.651. The molecule has 0 bridgehead atoms. The van der Waals surface area contributed by atoms with Crippen molar-refractivity contribution in [1.29, 1.82) is 0 Å². The second-order valence-electron chi connectivity index (χ2n) is 2.64. The molecule has 10 heteroatoms. The number of pyridine rings is 1. The molecule has 0 aliphatic carbocycles. The van der Waals surface area contributed by atoms with E-state index in [2.05, 4.69) is 9.17 Å². The summed E-state index contributed by atoms with van der Waals surface area (Å²) in [7, 11) is -5.93. The Morgan fingerprint density at radius 2 is 2.00 bits per heavy atom. The minimum atomic E-state index is -5.93. The van der Waals surface area contributed by atoms with Gasteiger partial charge in [0.2, 0.25) is 5.88 Å². The van der Waals surface area contributed by atoms with E-state index in [-0.39, 0.29) is 0 Å². The van der Waals surface area contributed by atoms with Crippen LogP contribution < -0.4 is 4.18 Å². The maximum Gasteiger partial charge on any atom is 0.534 e. The van der Waals surface area contributed by atoms with Gasteiger partial charge >= 0.3 is 21.6 Å². The van der Waals surface area contributed by atoms with Crippen molar-refractivity contribution in [2.45, 2.75) is 5.51 Å². The van der Waals surface area contributed by atoms with Crippen LogP contribution in [0.2, 0.25) is 0 Å². The lowest BCUT2D eigenvalue weighted by Crippen LogP contribution is -2.29. The number of aromatic carboxylic acids is 1. The van der Waals surface area contributed by atoms with E-state index in [0.717, 1.165) is 18.3 Å². The third kappa shape index (κ3) is 2.84. The molecule has 1 rings (SSSR count). The van der Waals surface area contributed by atoms with E-state index >= 15 is 0 Å². The van der Waals surface area contributed by atoms with Crippen molar-refractivity contribution in [1.82, 2.24) is 4.98 Å². The fraction of sp³-hybridized carbons (Fsp3) is 0.143. The summed E-state index contributed by atoms with van der Waals surface area (Å²) in [6.07, 6.45) is 0.896. The van der Waals surface area contributed by atoms with Crippen molar-refractivity contribution in [2.75, 3.05) is 0 Å². The van der Waals surface area contributed by atoms with Gasteiger partial charge < -0.3 is 9.29 Å². The van der Waals surface area contributed by atoms with Crippen LogP contribution in [0, 0.1) is 0 Å². The maximum absolute atomic E-state index is 12.0. The number of halogens is 3. The van der Waals surface area contributed by atoms with Crippen molar-refractivity contribution in [3.05, 3.63) is 23.9 Å². The van der Waals surface area contributed by atoms with Crippen molar-refractivity contribution >= 4 is 16.1 Å². The minimum absolute atomic E-state index is 0.791. The molecule has 1 heterocycles. The van der Waals surface area contributed by atoms with E-state index in [9.17, 15) is 26.4 Å². The molecule has 0 amide bonds. The molecule has 94 valence electrons. The molecule has 1 aromatic rings. The highest BCUT2D eigenvalue weighted by Crippen LogP contribution is 2.27. The highest BCUT2D eigenvalue weighted by Gasteiger charge is 2.49. The normalized spacial score (nSPS) is 12.2. The van der Waals surface area contributed by atoms with Gasteiger partial charge in [0.25, 0.3) is 0 Å². The number of alkyl halides is 3. The third-order valence-corrected chi connectivity index (χ3v) is 2.42. The van der Waals surface area contributed by atoms with Crippen LogP contribution in [0.4, 0.5) is 13.2 Å². The van der Waals surface area contributed by atoms with E-state index in [1.165, 1.54) is 0 Å². The van der Waals surface area contributed by atoms with Crippen LogP contribution in [0.15, 0.2) is 18.3 Å². The number of carboxylic acids is 1.